The number of benzene rings is 1. The first-order valence-corrected chi connectivity index (χ1v) is 5.70. The van der Waals surface area contributed by atoms with Crippen LogP contribution in [0.3, 0.4) is 0 Å². The van der Waals surface area contributed by atoms with E-state index in [-0.39, 0.29) is 11.7 Å². The van der Waals surface area contributed by atoms with E-state index in [1.54, 1.807) is 6.07 Å². The van der Waals surface area contributed by atoms with Crippen LogP contribution in [-0.4, -0.2) is 19.7 Å². The first kappa shape index (κ1) is 10.5. The van der Waals surface area contributed by atoms with Gasteiger partial charge in [0, 0.05) is 30.1 Å². The van der Waals surface area contributed by atoms with E-state index < -0.39 is 0 Å². The monoisotopic (exact) mass is 231 g/mol. The van der Waals surface area contributed by atoms with Crippen LogP contribution in [0, 0.1) is 0 Å². The molecule has 1 aromatic heterocycles. The lowest BCUT2D eigenvalue weighted by molar-refractivity contribution is 0.0280. The Morgan fingerprint density at radius 2 is 2.18 bits per heavy atom. The predicted octanol–water partition coefficient (Wildman–Crippen LogP) is 1.45. The van der Waals surface area contributed by atoms with Crippen molar-refractivity contribution in [2.45, 2.75) is 6.10 Å². The van der Waals surface area contributed by atoms with Crippen LogP contribution >= 0.6 is 0 Å². The van der Waals surface area contributed by atoms with Gasteiger partial charge in [0.05, 0.1) is 12.7 Å². The second kappa shape index (κ2) is 4.31. The molecule has 17 heavy (non-hydrogen) atoms. The topological polar surface area (TPSA) is 51.5 Å². The molecule has 1 unspecified atom stereocenters. The van der Waals surface area contributed by atoms with Gasteiger partial charge >= 0.3 is 5.63 Å². The molecule has 1 aliphatic rings. The number of para-hydroxylation sites is 1. The van der Waals surface area contributed by atoms with Gasteiger partial charge in [0.15, 0.2) is 0 Å². The summed E-state index contributed by atoms with van der Waals surface area (Å²) in [6.45, 7) is 2.29. The molecule has 1 fully saturated rings. The van der Waals surface area contributed by atoms with Crippen molar-refractivity contribution in [3.05, 3.63) is 46.3 Å². The van der Waals surface area contributed by atoms with Crippen LogP contribution in [0.4, 0.5) is 0 Å². The quantitative estimate of drug-likeness (QED) is 0.755. The van der Waals surface area contributed by atoms with Crippen LogP contribution in [0.15, 0.2) is 39.5 Å². The molecule has 1 aromatic carbocycles. The molecule has 0 amide bonds. The molecular formula is C13H13NO3. The van der Waals surface area contributed by atoms with Crippen molar-refractivity contribution in [1.29, 1.82) is 0 Å². The Bertz CT molecular complexity index is 584. The normalized spacial score (nSPS) is 20.6. The molecular weight excluding hydrogens is 218 g/mol. The van der Waals surface area contributed by atoms with Crippen molar-refractivity contribution in [3.63, 3.8) is 0 Å². The molecule has 2 aromatic rings. The van der Waals surface area contributed by atoms with E-state index in [0.29, 0.717) is 12.2 Å². The summed E-state index contributed by atoms with van der Waals surface area (Å²) in [4.78, 5) is 11.3. The summed E-state index contributed by atoms with van der Waals surface area (Å²) in [5.41, 5.74) is 1.25. The maximum atomic E-state index is 11.3. The summed E-state index contributed by atoms with van der Waals surface area (Å²) in [5, 5.41) is 4.19. The van der Waals surface area contributed by atoms with E-state index >= 15 is 0 Å². The molecule has 1 N–H and O–H groups in total. The molecule has 1 atom stereocenters. The Morgan fingerprint density at radius 1 is 1.24 bits per heavy atom. The van der Waals surface area contributed by atoms with Crippen molar-refractivity contribution in [2.75, 3.05) is 19.7 Å². The van der Waals surface area contributed by atoms with Gasteiger partial charge in [-0.1, -0.05) is 18.2 Å². The molecule has 3 rings (SSSR count). The molecule has 1 saturated heterocycles. The van der Waals surface area contributed by atoms with Gasteiger partial charge in [0.1, 0.15) is 5.58 Å². The van der Waals surface area contributed by atoms with E-state index in [4.69, 9.17) is 9.15 Å². The highest BCUT2D eigenvalue weighted by atomic mass is 16.5. The van der Waals surface area contributed by atoms with E-state index in [1.807, 2.05) is 18.2 Å². The maximum Gasteiger partial charge on any atom is 0.336 e. The van der Waals surface area contributed by atoms with Crippen LogP contribution in [-0.2, 0) is 4.74 Å². The Hall–Kier alpha value is -1.65. The van der Waals surface area contributed by atoms with Gasteiger partial charge < -0.3 is 14.5 Å². The van der Waals surface area contributed by atoms with Gasteiger partial charge in [-0.15, -0.1) is 0 Å². The van der Waals surface area contributed by atoms with Gasteiger partial charge in [0.2, 0.25) is 0 Å². The number of morpholine rings is 1. The molecule has 0 aliphatic carbocycles. The third kappa shape index (κ3) is 1.97. The van der Waals surface area contributed by atoms with E-state index in [9.17, 15) is 4.79 Å². The lowest BCUT2D eigenvalue weighted by Gasteiger charge is -2.24. The first-order valence-electron chi connectivity index (χ1n) is 5.70. The van der Waals surface area contributed by atoms with Gasteiger partial charge in [-0.3, -0.25) is 0 Å². The molecule has 88 valence electrons. The Kier molecular flexibility index (Phi) is 2.66. The van der Waals surface area contributed by atoms with Crippen LogP contribution < -0.4 is 10.9 Å². The van der Waals surface area contributed by atoms with Crippen LogP contribution in [0.2, 0.25) is 0 Å². The molecule has 2 heterocycles. The number of hydrogen-bond donors (Lipinski definition) is 1. The fourth-order valence-corrected chi connectivity index (χ4v) is 2.13. The molecule has 0 spiro atoms. The maximum absolute atomic E-state index is 11.3. The van der Waals surface area contributed by atoms with Gasteiger partial charge in [-0.05, 0) is 6.07 Å². The minimum Gasteiger partial charge on any atom is -0.422 e. The molecule has 0 saturated carbocycles. The number of fused-ring (bicyclic) bond motifs is 1. The predicted molar refractivity (Wildman–Crippen MR) is 64.0 cm³/mol. The van der Waals surface area contributed by atoms with Crippen molar-refractivity contribution in [2.24, 2.45) is 0 Å². The zero-order valence-electron chi connectivity index (χ0n) is 9.31. The third-order valence-electron chi connectivity index (χ3n) is 2.95. The summed E-state index contributed by atoms with van der Waals surface area (Å²) in [5.74, 6) is 0. The Balaban J connectivity index is 2.14. The average Bonchev–Trinajstić information content (AvgIpc) is 2.39. The first-order chi connectivity index (χ1) is 8.34. The van der Waals surface area contributed by atoms with Crippen molar-refractivity contribution >= 4 is 11.0 Å². The fourth-order valence-electron chi connectivity index (χ4n) is 2.13. The van der Waals surface area contributed by atoms with Gasteiger partial charge in [-0.25, -0.2) is 4.79 Å². The summed E-state index contributed by atoms with van der Waals surface area (Å²) in [7, 11) is 0. The minimum absolute atomic E-state index is 0.0435. The van der Waals surface area contributed by atoms with Crippen molar-refractivity contribution in [3.8, 4) is 0 Å². The lowest BCUT2D eigenvalue weighted by atomic mass is 10.1. The Morgan fingerprint density at radius 3 is 3.00 bits per heavy atom. The summed E-state index contributed by atoms with van der Waals surface area (Å²) >= 11 is 0. The second-order valence-corrected chi connectivity index (χ2v) is 4.08. The van der Waals surface area contributed by atoms with Crippen LogP contribution in [0.25, 0.3) is 11.0 Å². The highest BCUT2D eigenvalue weighted by Crippen LogP contribution is 2.26. The SMILES string of the molecule is O=c1ccc2cccc(C3CNCCO3)c2o1. The van der Waals surface area contributed by atoms with E-state index in [2.05, 4.69) is 5.32 Å². The lowest BCUT2D eigenvalue weighted by Crippen LogP contribution is -2.33. The summed E-state index contributed by atoms with van der Waals surface area (Å²) in [6.07, 6.45) is -0.0435. The molecule has 0 bridgehead atoms. The van der Waals surface area contributed by atoms with Crippen molar-refractivity contribution in [1.82, 2.24) is 5.32 Å². The number of ether oxygens (including phenoxy) is 1. The fraction of sp³-hybridized carbons (Fsp3) is 0.308. The van der Waals surface area contributed by atoms with E-state index in [0.717, 1.165) is 24.0 Å². The number of nitrogens with one attached hydrogen (secondary N) is 1. The standard InChI is InChI=1S/C13H13NO3/c15-12-5-4-9-2-1-3-10(13(9)17-12)11-8-14-6-7-16-11/h1-5,11,14H,6-8H2. The van der Waals surface area contributed by atoms with Crippen molar-refractivity contribution < 1.29 is 9.15 Å². The Labute approximate surface area is 98.2 Å². The van der Waals surface area contributed by atoms with Gasteiger partial charge in [-0.2, -0.15) is 0 Å². The van der Waals surface area contributed by atoms with E-state index in [1.165, 1.54) is 6.07 Å². The van der Waals surface area contributed by atoms with Gasteiger partial charge in [0.25, 0.3) is 0 Å². The van der Waals surface area contributed by atoms with Crippen LogP contribution in [0.1, 0.15) is 11.7 Å². The zero-order chi connectivity index (χ0) is 11.7. The molecule has 4 heteroatoms. The summed E-state index contributed by atoms with van der Waals surface area (Å²) < 4.78 is 11.0. The molecule has 0 radical (unpaired) electrons. The highest BCUT2D eigenvalue weighted by Gasteiger charge is 2.19. The zero-order valence-corrected chi connectivity index (χ0v) is 9.31. The molecule has 4 nitrogen and oxygen atoms in total. The smallest absolute Gasteiger partial charge is 0.336 e. The minimum atomic E-state index is -0.325. The molecule has 1 aliphatic heterocycles. The largest absolute Gasteiger partial charge is 0.422 e. The number of hydrogen-bond acceptors (Lipinski definition) is 4. The van der Waals surface area contributed by atoms with Crippen LogP contribution in [0.5, 0.6) is 0 Å². The summed E-state index contributed by atoms with van der Waals surface area (Å²) in [6, 6.07) is 9.05. The third-order valence-corrected chi connectivity index (χ3v) is 2.95. The highest BCUT2D eigenvalue weighted by molar-refractivity contribution is 5.79. The number of rotatable bonds is 1. The average molecular weight is 231 g/mol. The second-order valence-electron chi connectivity index (χ2n) is 4.08.